The fourth-order valence-electron chi connectivity index (χ4n) is 5.50. The number of halogens is 4. The summed E-state index contributed by atoms with van der Waals surface area (Å²) in [6, 6.07) is 16.2. The molecule has 0 bridgehead atoms. The van der Waals surface area contributed by atoms with Crippen LogP contribution in [0.5, 0.6) is 11.5 Å². The highest BCUT2D eigenvalue weighted by Gasteiger charge is 2.56. The van der Waals surface area contributed by atoms with Crippen molar-refractivity contribution < 1.29 is 37.0 Å². The van der Waals surface area contributed by atoms with E-state index in [0.717, 1.165) is 39.7 Å². The summed E-state index contributed by atoms with van der Waals surface area (Å²) >= 11 is 5.48. The minimum absolute atomic E-state index is 0.138. The normalized spacial score (nSPS) is 19.1. The second kappa shape index (κ2) is 12.6. The third-order valence-corrected chi connectivity index (χ3v) is 10.3. The second-order valence-corrected chi connectivity index (χ2v) is 13.3. The molecule has 2 aliphatic rings. The zero-order valence-electron chi connectivity index (χ0n) is 23.7. The molecule has 6 rings (SSSR count). The molecule has 2 N–H and O–H groups in total. The number of thiazole rings is 1. The monoisotopic (exact) mass is 733 g/mol. The lowest BCUT2D eigenvalue weighted by molar-refractivity contribution is -0.137. The van der Waals surface area contributed by atoms with Gasteiger partial charge in [0, 0.05) is 15.3 Å². The van der Waals surface area contributed by atoms with Gasteiger partial charge in [-0.1, -0.05) is 57.2 Å². The average molecular weight is 735 g/mol. The molecule has 1 saturated heterocycles. The number of rotatable bonds is 8. The van der Waals surface area contributed by atoms with Gasteiger partial charge in [0.1, 0.15) is 5.25 Å². The number of hydrogen-bond acceptors (Lipinski definition) is 8. The number of alkyl halides is 3. The highest BCUT2D eigenvalue weighted by molar-refractivity contribution is 9.10. The van der Waals surface area contributed by atoms with Crippen molar-refractivity contribution in [2.45, 2.75) is 29.3 Å². The molecule has 238 valence electrons. The molecule has 3 heterocycles. The Bertz CT molecular complexity index is 1900. The number of hydrogen-bond donors (Lipinski definition) is 2. The van der Waals surface area contributed by atoms with Crippen LogP contribution in [0, 0.1) is 5.92 Å². The van der Waals surface area contributed by atoms with E-state index in [4.69, 9.17) is 9.47 Å². The number of imide groups is 1. The highest BCUT2D eigenvalue weighted by Crippen LogP contribution is 2.54. The number of carbonyl (C=O) groups is 3. The molecule has 0 spiro atoms. The van der Waals surface area contributed by atoms with Crippen LogP contribution >= 0.6 is 39.0 Å². The summed E-state index contributed by atoms with van der Waals surface area (Å²) in [5.41, 5.74) is -0.386. The SMILES string of the molecule is CCOc1cc([C@H]2c3sc(=O)[nH]c3SC3C(=O)N(c4ccc(Br)cc4)C(=O)C32)ccc1OCC(=O)Nc1ccccc1C(F)(F)F. The van der Waals surface area contributed by atoms with Gasteiger partial charge in [-0.2, -0.15) is 13.2 Å². The van der Waals surface area contributed by atoms with Crippen LogP contribution in [0.1, 0.15) is 28.8 Å². The van der Waals surface area contributed by atoms with Gasteiger partial charge in [0.2, 0.25) is 11.8 Å². The Morgan fingerprint density at radius 2 is 1.74 bits per heavy atom. The summed E-state index contributed by atoms with van der Waals surface area (Å²) in [5, 5.41) is 1.95. The maximum Gasteiger partial charge on any atom is 0.418 e. The van der Waals surface area contributed by atoms with Gasteiger partial charge in [-0.05, 0) is 61.0 Å². The molecule has 46 heavy (non-hydrogen) atoms. The van der Waals surface area contributed by atoms with Crippen LogP contribution in [0.3, 0.4) is 0 Å². The lowest BCUT2D eigenvalue weighted by Gasteiger charge is -2.30. The van der Waals surface area contributed by atoms with Gasteiger partial charge in [-0.3, -0.25) is 19.2 Å². The number of nitrogens with one attached hydrogen (secondary N) is 2. The van der Waals surface area contributed by atoms with Crippen LogP contribution in [-0.4, -0.2) is 41.2 Å². The first-order valence-electron chi connectivity index (χ1n) is 13.8. The number of ether oxygens (including phenoxy) is 2. The third-order valence-electron chi connectivity index (χ3n) is 7.40. The molecule has 9 nitrogen and oxygen atoms in total. The van der Waals surface area contributed by atoms with Crippen molar-refractivity contribution in [3.05, 3.63) is 96.9 Å². The molecule has 3 aromatic carbocycles. The van der Waals surface area contributed by atoms with Crippen LogP contribution in [0.2, 0.25) is 0 Å². The van der Waals surface area contributed by atoms with E-state index >= 15 is 0 Å². The van der Waals surface area contributed by atoms with Gasteiger partial charge in [0.25, 0.3) is 5.91 Å². The number of benzene rings is 3. The standard InChI is InChI=1S/C31H23BrF3N3O6S2/c1-2-43-21-13-15(7-12-20(21)44-14-22(39)36-19-6-4-3-5-18(19)31(33,34)35)23-24-26(45-27-25(23)46-30(42)37-27)29(41)38(28(24)40)17-10-8-16(32)9-11-17/h3-13,23-24,26H,2,14H2,1H3,(H,36,39)(H,37,42)/t23-,24?,26?/m1/s1. The maximum atomic E-state index is 14.0. The van der Waals surface area contributed by atoms with Crippen molar-refractivity contribution in [3.63, 3.8) is 0 Å². The largest absolute Gasteiger partial charge is 0.490 e. The predicted molar refractivity (Wildman–Crippen MR) is 170 cm³/mol. The van der Waals surface area contributed by atoms with Crippen LogP contribution in [0.4, 0.5) is 24.5 Å². The first kappa shape index (κ1) is 31.9. The van der Waals surface area contributed by atoms with Gasteiger partial charge in [0.15, 0.2) is 18.1 Å². The Balaban J connectivity index is 1.29. The van der Waals surface area contributed by atoms with Crippen molar-refractivity contribution in [2.75, 3.05) is 23.4 Å². The molecule has 2 unspecified atom stereocenters. The number of thioether (sulfide) groups is 1. The van der Waals surface area contributed by atoms with Crippen molar-refractivity contribution >= 4 is 68.1 Å². The molecule has 0 aliphatic carbocycles. The van der Waals surface area contributed by atoms with Crippen LogP contribution in [0.15, 0.2) is 81.0 Å². The van der Waals surface area contributed by atoms with E-state index in [0.29, 0.717) is 21.2 Å². The Kier molecular flexibility index (Phi) is 8.74. The number of fused-ring (bicyclic) bond motifs is 2. The van der Waals surface area contributed by atoms with E-state index in [1.54, 1.807) is 43.3 Å². The molecule has 1 aromatic heterocycles. The van der Waals surface area contributed by atoms with Gasteiger partial charge in [-0.25, -0.2) is 4.90 Å². The van der Waals surface area contributed by atoms with E-state index in [1.165, 1.54) is 23.1 Å². The van der Waals surface area contributed by atoms with Crippen LogP contribution in [0.25, 0.3) is 0 Å². The topological polar surface area (TPSA) is 118 Å². The minimum atomic E-state index is -4.66. The number of carbonyl (C=O) groups excluding carboxylic acids is 3. The zero-order chi connectivity index (χ0) is 32.7. The van der Waals surface area contributed by atoms with Crippen LogP contribution < -0.4 is 24.6 Å². The fourth-order valence-corrected chi connectivity index (χ4v) is 8.27. The Labute approximate surface area is 276 Å². The first-order valence-corrected chi connectivity index (χ1v) is 16.3. The second-order valence-electron chi connectivity index (χ2n) is 10.3. The first-order chi connectivity index (χ1) is 22.0. The number of aromatic nitrogens is 1. The summed E-state index contributed by atoms with van der Waals surface area (Å²) < 4.78 is 52.3. The van der Waals surface area contributed by atoms with Crippen molar-refractivity contribution in [1.29, 1.82) is 0 Å². The molecule has 15 heteroatoms. The van der Waals surface area contributed by atoms with Crippen LogP contribution in [-0.2, 0) is 20.6 Å². The third kappa shape index (κ3) is 6.06. The summed E-state index contributed by atoms with van der Waals surface area (Å²) in [6.07, 6.45) is -4.66. The van der Waals surface area contributed by atoms with Gasteiger partial charge in [-0.15, -0.1) is 0 Å². The van der Waals surface area contributed by atoms with E-state index in [9.17, 15) is 32.3 Å². The van der Waals surface area contributed by atoms with Gasteiger partial charge < -0.3 is 19.8 Å². The number of anilines is 2. The molecule has 2 aliphatic heterocycles. The molecule has 0 saturated carbocycles. The summed E-state index contributed by atoms with van der Waals surface area (Å²) in [7, 11) is 0. The quantitative estimate of drug-likeness (QED) is 0.201. The molecule has 3 amide bonds. The van der Waals surface area contributed by atoms with E-state index in [-0.39, 0.29) is 23.0 Å². The fraction of sp³-hybridized carbons (Fsp3) is 0.226. The number of amides is 3. The number of aromatic amines is 1. The van der Waals surface area contributed by atoms with Crippen molar-refractivity contribution in [2.24, 2.45) is 5.92 Å². The Hall–Kier alpha value is -4.08. The molecular formula is C31H23BrF3N3O6S2. The summed E-state index contributed by atoms with van der Waals surface area (Å²) in [6.45, 7) is 1.32. The lowest BCUT2D eigenvalue weighted by atomic mass is 9.83. The van der Waals surface area contributed by atoms with E-state index in [1.807, 2.05) is 0 Å². The minimum Gasteiger partial charge on any atom is -0.490 e. The van der Waals surface area contributed by atoms with Crippen molar-refractivity contribution in [1.82, 2.24) is 4.98 Å². The summed E-state index contributed by atoms with van der Waals surface area (Å²) in [5.74, 6) is -2.79. The lowest BCUT2D eigenvalue weighted by Crippen LogP contribution is -2.32. The highest BCUT2D eigenvalue weighted by atomic mass is 79.9. The van der Waals surface area contributed by atoms with E-state index in [2.05, 4.69) is 26.2 Å². The van der Waals surface area contributed by atoms with E-state index < -0.39 is 58.8 Å². The molecule has 4 aromatic rings. The average Bonchev–Trinajstić information content (AvgIpc) is 3.50. The Morgan fingerprint density at radius 1 is 1.00 bits per heavy atom. The molecule has 3 atom stereocenters. The number of H-pyrrole nitrogens is 1. The molecular weight excluding hydrogens is 711 g/mol. The predicted octanol–water partition coefficient (Wildman–Crippen LogP) is 6.43. The maximum absolute atomic E-state index is 14.0. The smallest absolute Gasteiger partial charge is 0.418 e. The summed E-state index contributed by atoms with van der Waals surface area (Å²) in [4.78, 5) is 56.9. The Morgan fingerprint density at radius 3 is 2.46 bits per heavy atom. The van der Waals surface area contributed by atoms with Gasteiger partial charge in [0.05, 0.1) is 34.5 Å². The van der Waals surface area contributed by atoms with Gasteiger partial charge >= 0.3 is 11.0 Å². The number of para-hydroxylation sites is 1. The molecule has 0 radical (unpaired) electrons. The zero-order valence-corrected chi connectivity index (χ0v) is 26.9. The number of nitrogens with zero attached hydrogens (tertiary/aromatic N) is 1. The van der Waals surface area contributed by atoms with Crippen molar-refractivity contribution in [3.8, 4) is 11.5 Å². The molecule has 1 fully saturated rings.